The van der Waals surface area contributed by atoms with Crippen LogP contribution in [0, 0.1) is 12.8 Å². The number of aliphatic hydroxyl groups is 1. The number of rotatable bonds is 5. The fourth-order valence-electron chi connectivity index (χ4n) is 4.76. The van der Waals surface area contributed by atoms with Crippen LogP contribution in [0.4, 0.5) is 11.5 Å². The van der Waals surface area contributed by atoms with Crippen molar-refractivity contribution in [3.8, 4) is 5.88 Å². The molecule has 0 radical (unpaired) electrons. The minimum absolute atomic E-state index is 0.00673. The van der Waals surface area contributed by atoms with Crippen molar-refractivity contribution in [3.05, 3.63) is 41.2 Å². The zero-order valence-corrected chi connectivity index (χ0v) is 20.7. The summed E-state index contributed by atoms with van der Waals surface area (Å²) in [5.41, 5.74) is 8.35. The number of hydrogen-bond donors (Lipinski definition) is 3. The molecule has 1 aromatic carbocycles. The first-order valence-electron chi connectivity index (χ1n) is 11.9. The number of nitrogen functional groups attached to an aromatic ring is 1. The second kappa shape index (κ2) is 8.98. The number of aryl methyl sites for hydroxylation is 1. The number of hydrogen-bond acceptors (Lipinski definition) is 7. The zero-order chi connectivity index (χ0) is 24.7. The first kappa shape index (κ1) is 24.1. The SMILES string of the molecule is Cc1nc(N)c2c(n1)OC(C)(C)C(c1ccc(C3CCC(C(=O)NC(C)(C)CO)CC3)cc1)=N2. The maximum atomic E-state index is 12.6. The molecule has 0 bridgehead atoms. The van der Waals surface area contributed by atoms with Gasteiger partial charge in [0.25, 0.3) is 0 Å². The topological polar surface area (TPSA) is 123 Å². The lowest BCUT2D eigenvalue weighted by atomic mass is 9.78. The minimum Gasteiger partial charge on any atom is -0.463 e. The highest BCUT2D eigenvalue weighted by Crippen LogP contribution is 2.40. The molecule has 8 heteroatoms. The van der Waals surface area contributed by atoms with E-state index in [9.17, 15) is 9.90 Å². The van der Waals surface area contributed by atoms with E-state index in [1.165, 1.54) is 5.56 Å². The van der Waals surface area contributed by atoms with Crippen molar-refractivity contribution in [2.45, 2.75) is 77.4 Å². The first-order valence-corrected chi connectivity index (χ1v) is 11.9. The number of nitrogens with zero attached hydrogens (tertiary/aromatic N) is 3. The highest BCUT2D eigenvalue weighted by Gasteiger charge is 2.36. The van der Waals surface area contributed by atoms with Gasteiger partial charge < -0.3 is 20.9 Å². The summed E-state index contributed by atoms with van der Waals surface area (Å²) in [4.78, 5) is 25.9. The molecule has 1 amide bonds. The largest absolute Gasteiger partial charge is 0.463 e. The second-order valence-electron chi connectivity index (χ2n) is 10.6. The Morgan fingerprint density at radius 2 is 1.82 bits per heavy atom. The van der Waals surface area contributed by atoms with Crippen LogP contribution in [0.3, 0.4) is 0 Å². The quantitative estimate of drug-likeness (QED) is 0.617. The summed E-state index contributed by atoms with van der Waals surface area (Å²) in [6.07, 6.45) is 3.63. The van der Waals surface area contributed by atoms with Gasteiger partial charge in [-0.15, -0.1) is 0 Å². The molecule has 0 atom stereocenters. The molecule has 34 heavy (non-hydrogen) atoms. The van der Waals surface area contributed by atoms with E-state index in [2.05, 4.69) is 39.6 Å². The molecular formula is C26H35N5O3. The van der Waals surface area contributed by atoms with E-state index in [0.717, 1.165) is 37.0 Å². The van der Waals surface area contributed by atoms with Gasteiger partial charge in [-0.25, -0.2) is 9.98 Å². The molecule has 0 spiro atoms. The lowest BCUT2D eigenvalue weighted by Crippen LogP contribution is -2.49. The number of carbonyl (C=O) groups excluding carboxylic acids is 1. The van der Waals surface area contributed by atoms with Gasteiger partial charge in [0.2, 0.25) is 11.8 Å². The van der Waals surface area contributed by atoms with Crippen molar-refractivity contribution < 1.29 is 14.6 Å². The molecule has 2 heterocycles. The summed E-state index contributed by atoms with van der Waals surface area (Å²) in [5.74, 6) is 1.76. The molecule has 1 aliphatic carbocycles. The summed E-state index contributed by atoms with van der Waals surface area (Å²) in [6.45, 7) is 9.32. The van der Waals surface area contributed by atoms with E-state index in [-0.39, 0.29) is 18.4 Å². The molecule has 1 fully saturated rings. The third-order valence-corrected chi connectivity index (χ3v) is 6.75. The maximum absolute atomic E-state index is 12.6. The molecule has 0 saturated heterocycles. The highest BCUT2D eigenvalue weighted by molar-refractivity contribution is 6.09. The first-order chi connectivity index (χ1) is 16.0. The number of nitrogens with two attached hydrogens (primary N) is 1. The van der Waals surface area contributed by atoms with E-state index in [0.29, 0.717) is 29.1 Å². The zero-order valence-electron chi connectivity index (χ0n) is 20.7. The fraction of sp³-hybridized carbons (Fsp3) is 0.538. The number of ether oxygens (including phenoxy) is 1. The van der Waals surface area contributed by atoms with Gasteiger partial charge in [-0.3, -0.25) is 4.79 Å². The van der Waals surface area contributed by atoms with Crippen molar-refractivity contribution in [2.24, 2.45) is 10.9 Å². The molecule has 1 aromatic heterocycles. The lowest BCUT2D eigenvalue weighted by molar-refractivity contribution is -0.128. The lowest BCUT2D eigenvalue weighted by Gasteiger charge is -2.33. The number of aliphatic imine (C=N–C) groups is 1. The van der Waals surface area contributed by atoms with Crippen molar-refractivity contribution in [2.75, 3.05) is 12.3 Å². The molecule has 4 N–H and O–H groups in total. The van der Waals surface area contributed by atoms with Crippen LogP contribution >= 0.6 is 0 Å². The van der Waals surface area contributed by atoms with E-state index >= 15 is 0 Å². The Bertz CT molecular complexity index is 1100. The Hall–Kier alpha value is -3.00. The molecule has 4 rings (SSSR count). The number of nitrogens with one attached hydrogen (secondary N) is 1. The molecule has 0 unspecified atom stereocenters. The van der Waals surface area contributed by atoms with Crippen LogP contribution in [0.25, 0.3) is 0 Å². The highest BCUT2D eigenvalue weighted by atomic mass is 16.5. The summed E-state index contributed by atoms with van der Waals surface area (Å²) in [7, 11) is 0. The van der Waals surface area contributed by atoms with Gasteiger partial charge in [0, 0.05) is 11.5 Å². The van der Waals surface area contributed by atoms with E-state index in [1.54, 1.807) is 6.92 Å². The number of amides is 1. The molecule has 1 saturated carbocycles. The summed E-state index contributed by atoms with van der Waals surface area (Å²) < 4.78 is 6.16. The van der Waals surface area contributed by atoms with E-state index in [1.807, 2.05) is 27.7 Å². The standard InChI is InChI=1S/C26H35N5O3/c1-15-28-22(27)20-24(29-15)34-26(4,5)21(30-20)18-10-6-16(7-11-18)17-8-12-19(13-9-17)23(33)31-25(2,3)14-32/h6-7,10-11,17,19,32H,8-9,12-14H2,1-5H3,(H,31,33)(H2,27,28,29). The summed E-state index contributed by atoms with van der Waals surface area (Å²) in [6, 6.07) is 8.47. The van der Waals surface area contributed by atoms with Crippen LogP contribution in [0.2, 0.25) is 0 Å². The monoisotopic (exact) mass is 465 g/mol. The van der Waals surface area contributed by atoms with Crippen LogP contribution in [-0.4, -0.2) is 44.4 Å². The number of aromatic nitrogens is 2. The molecule has 2 aromatic rings. The molecule has 1 aliphatic heterocycles. The van der Waals surface area contributed by atoms with Crippen LogP contribution in [-0.2, 0) is 4.79 Å². The average molecular weight is 466 g/mol. The molecular weight excluding hydrogens is 430 g/mol. The summed E-state index contributed by atoms with van der Waals surface area (Å²) >= 11 is 0. The van der Waals surface area contributed by atoms with Crippen LogP contribution in [0.5, 0.6) is 5.88 Å². The number of carbonyl (C=O) groups is 1. The Morgan fingerprint density at radius 1 is 1.18 bits per heavy atom. The molecule has 2 aliphatic rings. The Balaban J connectivity index is 1.47. The van der Waals surface area contributed by atoms with Gasteiger partial charge >= 0.3 is 0 Å². The van der Waals surface area contributed by atoms with Crippen molar-refractivity contribution >= 4 is 23.1 Å². The second-order valence-corrected chi connectivity index (χ2v) is 10.6. The predicted octanol–water partition coefficient (Wildman–Crippen LogP) is 3.82. The number of fused-ring (bicyclic) bond motifs is 1. The van der Waals surface area contributed by atoms with Crippen LogP contribution < -0.4 is 15.8 Å². The van der Waals surface area contributed by atoms with Crippen LogP contribution in [0.1, 0.15) is 76.2 Å². The maximum Gasteiger partial charge on any atom is 0.246 e. The van der Waals surface area contributed by atoms with Crippen molar-refractivity contribution in [1.82, 2.24) is 15.3 Å². The van der Waals surface area contributed by atoms with Crippen molar-refractivity contribution in [1.29, 1.82) is 0 Å². The Kier molecular flexibility index (Phi) is 6.38. The van der Waals surface area contributed by atoms with Gasteiger partial charge in [-0.2, -0.15) is 4.98 Å². The third kappa shape index (κ3) is 4.92. The van der Waals surface area contributed by atoms with Gasteiger partial charge in [-0.1, -0.05) is 24.3 Å². The minimum atomic E-state index is -0.657. The molecule has 8 nitrogen and oxygen atoms in total. The van der Waals surface area contributed by atoms with Gasteiger partial charge in [0.05, 0.1) is 17.9 Å². The normalized spacial score (nSPS) is 21.8. The van der Waals surface area contributed by atoms with Crippen molar-refractivity contribution in [3.63, 3.8) is 0 Å². The number of aliphatic hydroxyl groups excluding tert-OH is 1. The Labute approximate surface area is 201 Å². The predicted molar refractivity (Wildman–Crippen MR) is 133 cm³/mol. The summed E-state index contributed by atoms with van der Waals surface area (Å²) in [5, 5.41) is 12.4. The molecule has 182 valence electrons. The average Bonchev–Trinajstić information content (AvgIpc) is 2.78. The Morgan fingerprint density at radius 3 is 2.44 bits per heavy atom. The number of benzene rings is 1. The third-order valence-electron chi connectivity index (χ3n) is 6.75. The van der Waals surface area contributed by atoms with Crippen LogP contribution in [0.15, 0.2) is 29.3 Å². The smallest absolute Gasteiger partial charge is 0.246 e. The number of anilines is 1. The van der Waals surface area contributed by atoms with Gasteiger partial charge in [-0.05, 0) is 71.8 Å². The van der Waals surface area contributed by atoms with E-state index < -0.39 is 11.1 Å². The van der Waals surface area contributed by atoms with Gasteiger partial charge in [0.15, 0.2) is 11.5 Å². The fourth-order valence-corrected chi connectivity index (χ4v) is 4.76. The van der Waals surface area contributed by atoms with Gasteiger partial charge in [0.1, 0.15) is 11.4 Å². The van der Waals surface area contributed by atoms with E-state index in [4.69, 9.17) is 15.5 Å².